The van der Waals surface area contributed by atoms with Crippen LogP contribution in [0.25, 0.3) is 10.9 Å². The summed E-state index contributed by atoms with van der Waals surface area (Å²) in [5, 5.41) is 0.441. The normalized spacial score (nSPS) is 12.7. The van der Waals surface area contributed by atoms with Crippen molar-refractivity contribution < 1.29 is 22.7 Å². The van der Waals surface area contributed by atoms with Crippen LogP contribution < -0.4 is 5.56 Å². The lowest BCUT2D eigenvalue weighted by Crippen LogP contribution is -2.38. The van der Waals surface area contributed by atoms with Gasteiger partial charge in [-0.1, -0.05) is 25.1 Å². The third-order valence-electron chi connectivity index (χ3n) is 5.41. The van der Waals surface area contributed by atoms with E-state index < -0.39 is 23.7 Å². The molecule has 0 saturated heterocycles. The highest BCUT2D eigenvalue weighted by Gasteiger charge is 2.32. The lowest BCUT2D eigenvalue weighted by atomic mass is 10.1. The lowest BCUT2D eigenvalue weighted by Gasteiger charge is -2.30. The molecule has 0 bridgehead atoms. The maximum Gasteiger partial charge on any atom is 0.416 e. The number of methoxy groups -OCH3 is 1. The van der Waals surface area contributed by atoms with E-state index in [9.17, 15) is 22.8 Å². The van der Waals surface area contributed by atoms with Crippen LogP contribution in [0.4, 0.5) is 13.2 Å². The van der Waals surface area contributed by atoms with Gasteiger partial charge in [-0.05, 0) is 43.7 Å². The van der Waals surface area contributed by atoms with Crippen molar-refractivity contribution >= 4 is 16.8 Å². The summed E-state index contributed by atoms with van der Waals surface area (Å²) < 4.78 is 46.2. The van der Waals surface area contributed by atoms with Crippen LogP contribution in [0.1, 0.15) is 48.1 Å². The summed E-state index contributed by atoms with van der Waals surface area (Å²) in [7, 11) is 1.52. The summed E-state index contributed by atoms with van der Waals surface area (Å²) in [6, 6.07) is 10.6. The fourth-order valence-corrected chi connectivity index (χ4v) is 3.75. The van der Waals surface area contributed by atoms with Gasteiger partial charge in [0.25, 0.3) is 11.5 Å². The molecule has 176 valence electrons. The molecule has 3 rings (SSSR count). The Kier molecular flexibility index (Phi) is 7.53. The van der Waals surface area contributed by atoms with E-state index in [1.165, 1.54) is 28.7 Å². The smallest absolute Gasteiger partial charge is 0.383 e. The number of ether oxygens (including phenoxy) is 1. The minimum absolute atomic E-state index is 0.0725. The van der Waals surface area contributed by atoms with Crippen LogP contribution in [0, 0.1) is 0 Å². The van der Waals surface area contributed by atoms with Crippen LogP contribution >= 0.6 is 0 Å². The highest BCUT2D eigenvalue weighted by Crippen LogP contribution is 2.30. The Balaban J connectivity index is 2.09. The van der Waals surface area contributed by atoms with Gasteiger partial charge in [-0.3, -0.25) is 14.2 Å². The molecule has 3 aromatic rings. The molecule has 6 nitrogen and oxygen atoms in total. The zero-order valence-electron chi connectivity index (χ0n) is 18.7. The van der Waals surface area contributed by atoms with E-state index in [2.05, 4.69) is 4.98 Å². The predicted molar refractivity (Wildman–Crippen MR) is 119 cm³/mol. The molecular weight excluding hydrogens is 435 g/mol. The first-order valence-corrected chi connectivity index (χ1v) is 10.7. The van der Waals surface area contributed by atoms with Gasteiger partial charge in [-0.2, -0.15) is 13.2 Å². The SMILES string of the molecule is CCCN(C(=O)c1cccc(C(F)(F)F)c1)C(C)c1nc2ccccc2c(=O)n1CCOC. The maximum absolute atomic E-state index is 13.3. The first-order valence-electron chi connectivity index (χ1n) is 10.7. The van der Waals surface area contributed by atoms with Gasteiger partial charge in [-0.15, -0.1) is 0 Å². The molecule has 1 heterocycles. The van der Waals surface area contributed by atoms with Gasteiger partial charge >= 0.3 is 6.18 Å². The number of fused-ring (bicyclic) bond motifs is 1. The Morgan fingerprint density at radius 2 is 1.91 bits per heavy atom. The number of para-hydroxylation sites is 1. The van der Waals surface area contributed by atoms with E-state index in [-0.39, 0.29) is 30.8 Å². The summed E-state index contributed by atoms with van der Waals surface area (Å²) in [6.07, 6.45) is -3.98. The number of nitrogens with zero attached hydrogens (tertiary/aromatic N) is 3. The molecule has 0 spiro atoms. The molecule has 0 aliphatic heterocycles. The van der Waals surface area contributed by atoms with Gasteiger partial charge in [0.1, 0.15) is 5.82 Å². The second-order valence-electron chi connectivity index (χ2n) is 7.69. The zero-order chi connectivity index (χ0) is 24.2. The maximum atomic E-state index is 13.3. The van der Waals surface area contributed by atoms with Crippen LogP contribution in [0.15, 0.2) is 53.3 Å². The van der Waals surface area contributed by atoms with Crippen LogP contribution in [-0.4, -0.2) is 40.6 Å². The number of amides is 1. The van der Waals surface area contributed by atoms with E-state index in [0.717, 1.165) is 12.1 Å². The Morgan fingerprint density at radius 1 is 1.18 bits per heavy atom. The van der Waals surface area contributed by atoms with Crippen molar-refractivity contribution in [3.63, 3.8) is 0 Å². The van der Waals surface area contributed by atoms with Gasteiger partial charge in [-0.25, -0.2) is 4.98 Å². The van der Waals surface area contributed by atoms with Crippen molar-refractivity contribution in [2.24, 2.45) is 0 Å². The summed E-state index contributed by atoms with van der Waals surface area (Å²) in [6.45, 7) is 4.36. The average molecular weight is 461 g/mol. The molecule has 0 aliphatic rings. The van der Waals surface area contributed by atoms with Gasteiger partial charge in [0.2, 0.25) is 0 Å². The zero-order valence-corrected chi connectivity index (χ0v) is 18.7. The Hall–Kier alpha value is -3.20. The number of hydrogen-bond acceptors (Lipinski definition) is 4. The number of halogens is 3. The van der Waals surface area contributed by atoms with Crippen molar-refractivity contribution in [1.82, 2.24) is 14.5 Å². The quantitative estimate of drug-likeness (QED) is 0.489. The molecule has 2 aromatic carbocycles. The number of rotatable bonds is 8. The predicted octanol–water partition coefficient (Wildman–Crippen LogP) is 4.68. The Labute approximate surface area is 189 Å². The summed E-state index contributed by atoms with van der Waals surface area (Å²) in [4.78, 5) is 32.6. The highest BCUT2D eigenvalue weighted by molar-refractivity contribution is 5.94. The molecule has 0 fully saturated rings. The molecule has 1 amide bonds. The molecule has 0 N–H and O–H groups in total. The highest BCUT2D eigenvalue weighted by atomic mass is 19.4. The number of hydrogen-bond donors (Lipinski definition) is 0. The van der Waals surface area contributed by atoms with Crippen LogP contribution in [0.5, 0.6) is 0 Å². The van der Waals surface area contributed by atoms with Gasteiger partial charge < -0.3 is 9.64 Å². The van der Waals surface area contributed by atoms with Crippen molar-refractivity contribution in [1.29, 1.82) is 0 Å². The largest absolute Gasteiger partial charge is 0.416 e. The molecule has 33 heavy (non-hydrogen) atoms. The molecule has 1 unspecified atom stereocenters. The van der Waals surface area contributed by atoms with Crippen LogP contribution in [0.2, 0.25) is 0 Å². The van der Waals surface area contributed by atoms with Gasteiger partial charge in [0.05, 0.1) is 35.7 Å². The van der Waals surface area contributed by atoms with E-state index in [1.54, 1.807) is 31.2 Å². The molecule has 0 aliphatic carbocycles. The first-order chi connectivity index (χ1) is 15.7. The number of benzene rings is 2. The third-order valence-corrected chi connectivity index (χ3v) is 5.41. The molecule has 0 radical (unpaired) electrons. The van der Waals surface area contributed by atoms with Gasteiger partial charge in [0, 0.05) is 19.2 Å². The summed E-state index contributed by atoms with van der Waals surface area (Å²) >= 11 is 0. The monoisotopic (exact) mass is 461 g/mol. The minimum Gasteiger partial charge on any atom is -0.383 e. The van der Waals surface area contributed by atoms with Crippen LogP contribution in [-0.2, 0) is 17.5 Å². The van der Waals surface area contributed by atoms with Crippen molar-refractivity contribution in [2.75, 3.05) is 20.3 Å². The lowest BCUT2D eigenvalue weighted by molar-refractivity contribution is -0.137. The van der Waals surface area contributed by atoms with Crippen molar-refractivity contribution in [3.8, 4) is 0 Å². The third kappa shape index (κ3) is 5.24. The second kappa shape index (κ2) is 10.2. The number of alkyl halides is 3. The second-order valence-corrected chi connectivity index (χ2v) is 7.69. The minimum atomic E-state index is -4.56. The van der Waals surface area contributed by atoms with Crippen molar-refractivity contribution in [3.05, 3.63) is 75.8 Å². The van der Waals surface area contributed by atoms with E-state index in [0.29, 0.717) is 23.1 Å². The summed E-state index contributed by atoms with van der Waals surface area (Å²) in [5.41, 5.74) is -0.738. The number of aromatic nitrogens is 2. The summed E-state index contributed by atoms with van der Waals surface area (Å²) in [5.74, 6) is -0.208. The van der Waals surface area contributed by atoms with Crippen molar-refractivity contribution in [2.45, 2.75) is 39.0 Å². The van der Waals surface area contributed by atoms with E-state index in [4.69, 9.17) is 4.74 Å². The molecular formula is C24H26F3N3O3. The Bertz CT molecular complexity index is 1190. The van der Waals surface area contributed by atoms with Crippen LogP contribution in [0.3, 0.4) is 0 Å². The standard InChI is InChI=1S/C24H26F3N3O3/c1-4-12-29(22(31)17-8-7-9-18(15-17)24(25,26)27)16(2)21-28-20-11-6-5-10-19(20)23(32)30(21)13-14-33-3/h5-11,15-16H,4,12-14H2,1-3H3. The number of carbonyl (C=O) groups excluding carboxylic acids is 1. The van der Waals surface area contributed by atoms with E-state index >= 15 is 0 Å². The van der Waals surface area contributed by atoms with Gasteiger partial charge in [0.15, 0.2) is 0 Å². The molecule has 9 heteroatoms. The number of carbonyl (C=O) groups is 1. The van der Waals surface area contributed by atoms with E-state index in [1.807, 2.05) is 6.92 Å². The molecule has 0 saturated carbocycles. The molecule has 1 aromatic heterocycles. The first kappa shape index (κ1) is 24.4. The fraction of sp³-hybridized carbons (Fsp3) is 0.375. The fourth-order valence-electron chi connectivity index (χ4n) is 3.75. The Morgan fingerprint density at radius 3 is 2.58 bits per heavy atom. The molecule has 1 atom stereocenters. The topological polar surface area (TPSA) is 64.4 Å². The average Bonchev–Trinajstić information content (AvgIpc) is 2.80.